The third-order valence-electron chi connectivity index (χ3n) is 4.58. The van der Waals surface area contributed by atoms with Crippen molar-refractivity contribution in [3.8, 4) is 5.75 Å². The molecule has 11 heteroatoms. The molecule has 1 aromatic rings. The van der Waals surface area contributed by atoms with Crippen LogP contribution in [-0.4, -0.2) is 69.8 Å². The molecule has 8 N–H and O–H groups in total. The number of rotatable bonds is 11. The highest BCUT2D eigenvalue weighted by atomic mass is 16.4. The van der Waals surface area contributed by atoms with E-state index in [0.29, 0.717) is 5.56 Å². The largest absolute Gasteiger partial charge is 0.508 e. The smallest absolute Gasteiger partial charge is 0.326 e. The number of aromatic hydroxyl groups is 1. The van der Waals surface area contributed by atoms with Gasteiger partial charge in [-0.25, -0.2) is 4.79 Å². The molecule has 11 nitrogen and oxygen atoms in total. The molecule has 4 atom stereocenters. The molecule has 0 fully saturated rings. The molecular formula is C20H30N4O7. The quantitative estimate of drug-likeness (QED) is 0.216. The third-order valence-corrected chi connectivity index (χ3v) is 4.58. The number of aliphatic carboxylic acids is 1. The van der Waals surface area contributed by atoms with Crippen LogP contribution < -0.4 is 21.7 Å². The summed E-state index contributed by atoms with van der Waals surface area (Å²) in [6, 6.07) is 1.18. The second-order valence-corrected chi connectivity index (χ2v) is 7.51. The van der Waals surface area contributed by atoms with Crippen molar-refractivity contribution in [2.24, 2.45) is 11.7 Å². The van der Waals surface area contributed by atoms with Crippen LogP contribution >= 0.6 is 0 Å². The predicted molar refractivity (Wildman–Crippen MR) is 111 cm³/mol. The Labute approximate surface area is 180 Å². The molecule has 172 valence electrons. The van der Waals surface area contributed by atoms with Crippen LogP contribution in [0.5, 0.6) is 5.75 Å². The van der Waals surface area contributed by atoms with Gasteiger partial charge < -0.3 is 37.0 Å². The van der Waals surface area contributed by atoms with Crippen LogP contribution in [-0.2, 0) is 25.6 Å². The second-order valence-electron chi connectivity index (χ2n) is 7.51. The van der Waals surface area contributed by atoms with Crippen molar-refractivity contribution in [3.63, 3.8) is 0 Å². The highest BCUT2D eigenvalue weighted by molar-refractivity contribution is 5.94. The van der Waals surface area contributed by atoms with Gasteiger partial charge in [-0.3, -0.25) is 14.4 Å². The number of phenols is 1. The lowest BCUT2D eigenvalue weighted by Gasteiger charge is -2.23. The Kier molecular flexibility index (Phi) is 9.90. The summed E-state index contributed by atoms with van der Waals surface area (Å²) in [5.41, 5.74) is 6.27. The van der Waals surface area contributed by atoms with Crippen molar-refractivity contribution in [1.82, 2.24) is 16.0 Å². The fourth-order valence-corrected chi connectivity index (χ4v) is 2.51. The molecule has 1 aromatic carbocycles. The van der Waals surface area contributed by atoms with E-state index >= 15 is 0 Å². The van der Waals surface area contributed by atoms with Crippen LogP contribution in [0.1, 0.15) is 26.3 Å². The Bertz CT molecular complexity index is 782. The van der Waals surface area contributed by atoms with Gasteiger partial charge in [0.15, 0.2) is 0 Å². The number of carboxylic acids is 1. The normalized spacial score (nSPS) is 14.8. The maximum absolute atomic E-state index is 12.4. The van der Waals surface area contributed by atoms with Crippen LogP contribution in [0.3, 0.4) is 0 Å². The Balaban J connectivity index is 2.73. The molecule has 31 heavy (non-hydrogen) atoms. The van der Waals surface area contributed by atoms with Crippen LogP contribution in [0.15, 0.2) is 24.3 Å². The average Bonchev–Trinajstić information content (AvgIpc) is 2.71. The number of phenolic OH excluding ortho intramolecular Hbond substituents is 1. The molecule has 0 spiro atoms. The highest BCUT2D eigenvalue weighted by Crippen LogP contribution is 2.11. The molecule has 0 aliphatic rings. The Morgan fingerprint density at radius 2 is 1.45 bits per heavy atom. The van der Waals surface area contributed by atoms with Crippen molar-refractivity contribution in [1.29, 1.82) is 0 Å². The van der Waals surface area contributed by atoms with Gasteiger partial charge in [-0.1, -0.05) is 26.0 Å². The summed E-state index contributed by atoms with van der Waals surface area (Å²) in [7, 11) is 0. The van der Waals surface area contributed by atoms with E-state index in [1.807, 2.05) is 0 Å². The number of amides is 3. The van der Waals surface area contributed by atoms with E-state index in [9.17, 15) is 34.5 Å². The topological polar surface area (TPSA) is 191 Å². The lowest BCUT2D eigenvalue weighted by Crippen LogP contribution is -2.58. The van der Waals surface area contributed by atoms with Gasteiger partial charge in [-0.2, -0.15) is 0 Å². The lowest BCUT2D eigenvalue weighted by molar-refractivity contribution is -0.142. The van der Waals surface area contributed by atoms with Crippen LogP contribution in [0.4, 0.5) is 0 Å². The van der Waals surface area contributed by atoms with Crippen molar-refractivity contribution < 1.29 is 34.5 Å². The van der Waals surface area contributed by atoms with Crippen molar-refractivity contribution >= 4 is 23.7 Å². The minimum atomic E-state index is -1.42. The molecule has 1 rings (SSSR count). The second kappa shape index (κ2) is 11.9. The summed E-state index contributed by atoms with van der Waals surface area (Å²) in [5.74, 6) is -3.63. The summed E-state index contributed by atoms with van der Waals surface area (Å²) in [5, 5.41) is 35.1. The zero-order valence-electron chi connectivity index (χ0n) is 17.7. The van der Waals surface area contributed by atoms with Crippen LogP contribution in [0, 0.1) is 5.92 Å². The summed E-state index contributed by atoms with van der Waals surface area (Å²) in [6.07, 6.45) is -0.0764. The molecule has 0 radical (unpaired) electrons. The molecule has 0 heterocycles. The first-order valence-electron chi connectivity index (χ1n) is 9.74. The number of aliphatic hydroxyl groups excluding tert-OH is 1. The van der Waals surface area contributed by atoms with E-state index in [1.165, 1.54) is 31.2 Å². The van der Waals surface area contributed by atoms with Crippen molar-refractivity contribution in [3.05, 3.63) is 29.8 Å². The van der Waals surface area contributed by atoms with Crippen LogP contribution in [0.2, 0.25) is 0 Å². The van der Waals surface area contributed by atoms with Crippen molar-refractivity contribution in [2.75, 3.05) is 6.61 Å². The summed E-state index contributed by atoms with van der Waals surface area (Å²) in [6.45, 7) is 4.10. The molecule has 3 amide bonds. The summed E-state index contributed by atoms with van der Waals surface area (Å²) < 4.78 is 0. The van der Waals surface area contributed by atoms with Crippen molar-refractivity contribution in [2.45, 2.75) is 51.4 Å². The van der Waals surface area contributed by atoms with Gasteiger partial charge >= 0.3 is 5.97 Å². The SMILES string of the molecule is CC(NC(=O)C(N)C(C)C)C(=O)NC(CO)C(=O)NC(Cc1ccc(O)cc1)C(=O)O. The van der Waals surface area contributed by atoms with Gasteiger partial charge in [0.1, 0.15) is 23.9 Å². The average molecular weight is 438 g/mol. The molecule has 0 aliphatic carbocycles. The minimum Gasteiger partial charge on any atom is -0.508 e. The molecule has 0 saturated carbocycles. The molecule has 0 bridgehead atoms. The number of aliphatic hydroxyl groups is 1. The van der Waals surface area contributed by atoms with E-state index in [2.05, 4.69) is 16.0 Å². The predicted octanol–water partition coefficient (Wildman–Crippen LogP) is -1.53. The van der Waals surface area contributed by atoms with E-state index in [1.54, 1.807) is 13.8 Å². The molecular weight excluding hydrogens is 408 g/mol. The number of benzene rings is 1. The molecule has 0 aliphatic heterocycles. The number of carbonyl (C=O) groups excluding carboxylic acids is 3. The van der Waals surface area contributed by atoms with E-state index in [-0.39, 0.29) is 18.1 Å². The van der Waals surface area contributed by atoms with E-state index < -0.39 is 54.5 Å². The number of nitrogens with two attached hydrogens (primary N) is 1. The number of carbonyl (C=O) groups is 4. The maximum atomic E-state index is 12.4. The van der Waals surface area contributed by atoms with Crippen LogP contribution in [0.25, 0.3) is 0 Å². The monoisotopic (exact) mass is 438 g/mol. The van der Waals surface area contributed by atoms with Gasteiger partial charge in [0.25, 0.3) is 0 Å². The summed E-state index contributed by atoms with van der Waals surface area (Å²) in [4.78, 5) is 48.2. The third kappa shape index (κ3) is 8.22. The highest BCUT2D eigenvalue weighted by Gasteiger charge is 2.28. The van der Waals surface area contributed by atoms with E-state index in [0.717, 1.165) is 0 Å². The first-order chi connectivity index (χ1) is 14.5. The van der Waals surface area contributed by atoms with Gasteiger partial charge in [-0.15, -0.1) is 0 Å². The van der Waals surface area contributed by atoms with Gasteiger partial charge in [0, 0.05) is 6.42 Å². The molecule has 4 unspecified atom stereocenters. The first-order valence-corrected chi connectivity index (χ1v) is 9.74. The first kappa shape index (κ1) is 25.9. The maximum Gasteiger partial charge on any atom is 0.326 e. The number of hydrogen-bond acceptors (Lipinski definition) is 7. The van der Waals surface area contributed by atoms with Gasteiger partial charge in [0.2, 0.25) is 17.7 Å². The number of nitrogens with one attached hydrogen (secondary N) is 3. The fraction of sp³-hybridized carbons (Fsp3) is 0.500. The lowest BCUT2D eigenvalue weighted by atomic mass is 10.0. The van der Waals surface area contributed by atoms with E-state index in [4.69, 9.17) is 5.73 Å². The van der Waals surface area contributed by atoms with Gasteiger partial charge in [-0.05, 0) is 30.5 Å². The molecule has 0 aromatic heterocycles. The fourth-order valence-electron chi connectivity index (χ4n) is 2.51. The summed E-state index contributed by atoms with van der Waals surface area (Å²) >= 11 is 0. The zero-order chi connectivity index (χ0) is 23.7. The minimum absolute atomic E-state index is 0.0123. The zero-order valence-corrected chi connectivity index (χ0v) is 17.7. The molecule has 0 saturated heterocycles. The number of carboxylic acid groups (broad SMARTS) is 1. The standard InChI is InChI=1S/C20H30N4O7/c1-10(2)16(21)19(29)22-11(3)17(27)24-15(9-25)18(28)23-14(20(30)31)8-12-4-6-13(26)7-5-12/h4-7,10-11,14-16,25-26H,8-9,21H2,1-3H3,(H,22,29)(H,23,28)(H,24,27)(H,30,31). The Morgan fingerprint density at radius 3 is 1.94 bits per heavy atom. The number of hydrogen-bond donors (Lipinski definition) is 7. The Morgan fingerprint density at radius 1 is 0.903 bits per heavy atom. The Hall–Kier alpha value is -3.18. The van der Waals surface area contributed by atoms with Gasteiger partial charge in [0.05, 0.1) is 12.6 Å².